The van der Waals surface area contributed by atoms with Crippen LogP contribution in [0.15, 0.2) is 0 Å². The molecule has 0 bridgehead atoms. The van der Waals surface area contributed by atoms with E-state index in [0.717, 1.165) is 17.3 Å². The highest BCUT2D eigenvalue weighted by Gasteiger charge is 2.35. The molecule has 2 unspecified atom stereocenters. The highest BCUT2D eigenvalue weighted by Crippen LogP contribution is 2.48. The van der Waals surface area contributed by atoms with Crippen LogP contribution in [-0.4, -0.2) is 0 Å². The van der Waals surface area contributed by atoms with Gasteiger partial charge in [-0.25, -0.2) is 0 Å². The molecule has 0 spiro atoms. The lowest BCUT2D eigenvalue weighted by Crippen LogP contribution is -2.17. The van der Waals surface area contributed by atoms with Crippen LogP contribution in [0.2, 0.25) is 0 Å². The molecule has 0 aromatic heterocycles. The van der Waals surface area contributed by atoms with Gasteiger partial charge in [0, 0.05) is 0 Å². The molecule has 1 saturated carbocycles. The molecule has 0 heterocycles. The molecule has 0 N–H and O–H groups in total. The standard InChI is InChI=1S/C14H28/c1-5-8-14(9-6-12(2)3)10-7-13(4)11-14/h12-13H,5-11H2,1-4H3. The molecule has 0 aliphatic heterocycles. The van der Waals surface area contributed by atoms with Crippen LogP contribution in [0.1, 0.15) is 72.6 Å². The Morgan fingerprint density at radius 1 is 1.29 bits per heavy atom. The minimum atomic E-state index is 0.748. The quantitative estimate of drug-likeness (QED) is 0.578. The first-order valence-electron chi connectivity index (χ1n) is 6.58. The lowest BCUT2D eigenvalue weighted by atomic mass is 9.76. The van der Waals surface area contributed by atoms with Crippen LogP contribution in [0.25, 0.3) is 0 Å². The predicted molar refractivity (Wildman–Crippen MR) is 64.4 cm³/mol. The Kier molecular flexibility index (Phi) is 4.47. The van der Waals surface area contributed by atoms with Gasteiger partial charge in [0.05, 0.1) is 0 Å². The van der Waals surface area contributed by atoms with E-state index in [1.165, 1.54) is 44.9 Å². The van der Waals surface area contributed by atoms with Gasteiger partial charge >= 0.3 is 0 Å². The second kappa shape index (κ2) is 5.19. The maximum absolute atomic E-state index is 2.44. The molecule has 1 fully saturated rings. The summed E-state index contributed by atoms with van der Waals surface area (Å²) in [6, 6.07) is 0. The molecule has 0 radical (unpaired) electrons. The molecule has 2 atom stereocenters. The molecule has 0 aromatic rings. The molecular weight excluding hydrogens is 168 g/mol. The Morgan fingerprint density at radius 2 is 2.00 bits per heavy atom. The van der Waals surface area contributed by atoms with E-state index in [4.69, 9.17) is 0 Å². The van der Waals surface area contributed by atoms with Gasteiger partial charge in [-0.1, -0.05) is 47.0 Å². The Hall–Kier alpha value is 0. The number of hydrogen-bond acceptors (Lipinski definition) is 0. The third-order valence-electron chi connectivity index (χ3n) is 3.98. The molecule has 0 heteroatoms. The summed E-state index contributed by atoms with van der Waals surface area (Å²) in [6.07, 6.45) is 10.3. The van der Waals surface area contributed by atoms with E-state index in [9.17, 15) is 0 Å². The number of hydrogen-bond donors (Lipinski definition) is 0. The molecule has 14 heavy (non-hydrogen) atoms. The van der Waals surface area contributed by atoms with E-state index in [1.807, 2.05) is 0 Å². The summed E-state index contributed by atoms with van der Waals surface area (Å²) in [5.74, 6) is 1.88. The molecule has 0 aromatic carbocycles. The lowest BCUT2D eigenvalue weighted by Gasteiger charge is -2.30. The van der Waals surface area contributed by atoms with E-state index in [1.54, 1.807) is 0 Å². The van der Waals surface area contributed by atoms with Crippen LogP contribution < -0.4 is 0 Å². The van der Waals surface area contributed by atoms with Gasteiger partial charge < -0.3 is 0 Å². The van der Waals surface area contributed by atoms with Gasteiger partial charge in [-0.15, -0.1) is 0 Å². The lowest BCUT2D eigenvalue weighted by molar-refractivity contribution is 0.220. The first kappa shape index (κ1) is 12.1. The van der Waals surface area contributed by atoms with E-state index >= 15 is 0 Å². The van der Waals surface area contributed by atoms with Crippen molar-refractivity contribution < 1.29 is 0 Å². The van der Waals surface area contributed by atoms with E-state index in [2.05, 4.69) is 27.7 Å². The predicted octanol–water partition coefficient (Wildman–Crippen LogP) is 5.03. The zero-order chi connectivity index (χ0) is 10.6. The van der Waals surface area contributed by atoms with Crippen molar-refractivity contribution in [3.05, 3.63) is 0 Å². The maximum Gasteiger partial charge on any atom is -0.0295 e. The second-order valence-corrected chi connectivity index (χ2v) is 6.03. The third-order valence-corrected chi connectivity index (χ3v) is 3.98. The molecule has 0 saturated heterocycles. The zero-order valence-corrected chi connectivity index (χ0v) is 10.6. The molecule has 0 amide bonds. The first-order valence-corrected chi connectivity index (χ1v) is 6.58. The van der Waals surface area contributed by atoms with Gasteiger partial charge in [-0.05, 0) is 42.9 Å². The molecular formula is C14H28. The Balaban J connectivity index is 2.45. The topological polar surface area (TPSA) is 0 Å². The van der Waals surface area contributed by atoms with Gasteiger partial charge in [-0.3, -0.25) is 0 Å². The smallest absolute Gasteiger partial charge is 0.0295 e. The van der Waals surface area contributed by atoms with Crippen LogP contribution in [-0.2, 0) is 0 Å². The highest BCUT2D eigenvalue weighted by atomic mass is 14.4. The van der Waals surface area contributed by atoms with Crippen molar-refractivity contribution in [2.45, 2.75) is 72.6 Å². The van der Waals surface area contributed by atoms with Crippen molar-refractivity contribution >= 4 is 0 Å². The Morgan fingerprint density at radius 3 is 2.43 bits per heavy atom. The minimum absolute atomic E-state index is 0.748. The second-order valence-electron chi connectivity index (χ2n) is 6.03. The van der Waals surface area contributed by atoms with Gasteiger partial charge in [0.2, 0.25) is 0 Å². The van der Waals surface area contributed by atoms with Crippen LogP contribution >= 0.6 is 0 Å². The number of rotatable bonds is 5. The van der Waals surface area contributed by atoms with Crippen LogP contribution in [0.3, 0.4) is 0 Å². The van der Waals surface area contributed by atoms with Crippen molar-refractivity contribution in [1.29, 1.82) is 0 Å². The van der Waals surface area contributed by atoms with Crippen LogP contribution in [0.5, 0.6) is 0 Å². The minimum Gasteiger partial charge on any atom is -0.0654 e. The van der Waals surface area contributed by atoms with Crippen molar-refractivity contribution in [3.8, 4) is 0 Å². The van der Waals surface area contributed by atoms with Crippen molar-refractivity contribution in [2.24, 2.45) is 17.3 Å². The fourth-order valence-electron chi connectivity index (χ4n) is 3.20. The maximum atomic E-state index is 2.44. The molecule has 84 valence electrons. The fraction of sp³-hybridized carbons (Fsp3) is 1.00. The Labute approximate surface area is 90.5 Å². The van der Waals surface area contributed by atoms with Crippen molar-refractivity contribution in [1.82, 2.24) is 0 Å². The van der Waals surface area contributed by atoms with E-state index in [-0.39, 0.29) is 0 Å². The zero-order valence-electron chi connectivity index (χ0n) is 10.6. The van der Waals surface area contributed by atoms with Crippen molar-refractivity contribution in [2.75, 3.05) is 0 Å². The fourth-order valence-corrected chi connectivity index (χ4v) is 3.20. The summed E-state index contributed by atoms with van der Waals surface area (Å²) in [5, 5.41) is 0. The summed E-state index contributed by atoms with van der Waals surface area (Å²) in [7, 11) is 0. The van der Waals surface area contributed by atoms with E-state index in [0.29, 0.717) is 0 Å². The average molecular weight is 196 g/mol. The summed E-state index contributed by atoms with van der Waals surface area (Å²) in [4.78, 5) is 0. The normalized spacial score (nSPS) is 32.8. The summed E-state index contributed by atoms with van der Waals surface area (Å²) < 4.78 is 0. The third kappa shape index (κ3) is 3.29. The van der Waals surface area contributed by atoms with Crippen LogP contribution in [0.4, 0.5) is 0 Å². The largest absolute Gasteiger partial charge is 0.0654 e. The van der Waals surface area contributed by atoms with E-state index < -0.39 is 0 Å². The summed E-state index contributed by atoms with van der Waals surface area (Å²) in [5.41, 5.74) is 0.748. The summed E-state index contributed by atoms with van der Waals surface area (Å²) >= 11 is 0. The van der Waals surface area contributed by atoms with Gasteiger partial charge in [0.25, 0.3) is 0 Å². The van der Waals surface area contributed by atoms with Gasteiger partial charge in [-0.2, -0.15) is 0 Å². The molecule has 0 nitrogen and oxygen atoms in total. The SMILES string of the molecule is CCCC1(CCC(C)C)CCC(C)C1. The summed E-state index contributed by atoms with van der Waals surface area (Å²) in [6.45, 7) is 9.50. The highest BCUT2D eigenvalue weighted by molar-refractivity contribution is 4.87. The first-order chi connectivity index (χ1) is 6.58. The molecule has 1 aliphatic carbocycles. The molecule has 1 rings (SSSR count). The van der Waals surface area contributed by atoms with Gasteiger partial charge in [0.15, 0.2) is 0 Å². The average Bonchev–Trinajstić information content (AvgIpc) is 2.46. The molecule has 1 aliphatic rings. The van der Waals surface area contributed by atoms with Crippen molar-refractivity contribution in [3.63, 3.8) is 0 Å². The van der Waals surface area contributed by atoms with Gasteiger partial charge in [0.1, 0.15) is 0 Å². The Bertz CT molecular complexity index is 155. The monoisotopic (exact) mass is 196 g/mol. The van der Waals surface area contributed by atoms with Crippen LogP contribution in [0, 0.1) is 17.3 Å².